The first-order valence-corrected chi connectivity index (χ1v) is 7.11. The number of aliphatic hydroxyl groups excluding tert-OH is 1. The van der Waals surface area contributed by atoms with E-state index in [0.717, 1.165) is 25.1 Å². The third-order valence-corrected chi connectivity index (χ3v) is 3.69. The summed E-state index contributed by atoms with van der Waals surface area (Å²) in [5, 5.41) is 10.2. The highest BCUT2D eigenvalue weighted by atomic mass is 19.3. The molecule has 0 bridgehead atoms. The first-order valence-electron chi connectivity index (χ1n) is 7.11. The second kappa shape index (κ2) is 7.67. The highest BCUT2D eigenvalue weighted by Gasteiger charge is 2.19. The van der Waals surface area contributed by atoms with Gasteiger partial charge in [0.1, 0.15) is 0 Å². The molecule has 1 aliphatic rings. The van der Waals surface area contributed by atoms with Gasteiger partial charge in [-0.15, -0.1) is 0 Å². The van der Waals surface area contributed by atoms with Crippen LogP contribution in [0.5, 0.6) is 0 Å². The lowest BCUT2D eigenvalue weighted by Gasteiger charge is -2.24. The van der Waals surface area contributed by atoms with Crippen molar-refractivity contribution < 1.29 is 13.9 Å². The molecule has 3 nitrogen and oxygen atoms in total. The van der Waals surface area contributed by atoms with Crippen LogP contribution in [0.2, 0.25) is 0 Å². The molecule has 0 radical (unpaired) electrons. The zero-order chi connectivity index (χ0) is 14.4. The van der Waals surface area contributed by atoms with Crippen LogP contribution < -0.4 is 0 Å². The standard InChI is InChI=1S/C15H22F2N2O/c16-15(17)12-19-8-4-7-18(9-10-19)11-14(20)13-5-2-1-3-6-13/h1-3,5-6,14-15,20H,4,7-12H2. The first-order chi connectivity index (χ1) is 9.65. The summed E-state index contributed by atoms with van der Waals surface area (Å²) >= 11 is 0. The second-order valence-electron chi connectivity index (χ2n) is 5.27. The number of alkyl halides is 2. The van der Waals surface area contributed by atoms with Gasteiger partial charge in [-0.3, -0.25) is 9.80 Å². The lowest BCUT2D eigenvalue weighted by atomic mass is 10.1. The quantitative estimate of drug-likeness (QED) is 0.896. The van der Waals surface area contributed by atoms with Gasteiger partial charge in [0, 0.05) is 19.6 Å². The summed E-state index contributed by atoms with van der Waals surface area (Å²) < 4.78 is 24.8. The predicted molar refractivity (Wildman–Crippen MR) is 74.9 cm³/mol. The smallest absolute Gasteiger partial charge is 0.251 e. The van der Waals surface area contributed by atoms with Crippen LogP contribution in [-0.4, -0.2) is 60.6 Å². The molecular weight excluding hydrogens is 262 g/mol. The van der Waals surface area contributed by atoms with Crippen molar-refractivity contribution in [3.63, 3.8) is 0 Å². The number of hydrogen-bond donors (Lipinski definition) is 1. The molecule has 1 heterocycles. The van der Waals surface area contributed by atoms with Crippen LogP contribution in [0.3, 0.4) is 0 Å². The Morgan fingerprint density at radius 3 is 2.15 bits per heavy atom. The molecule has 2 rings (SSSR count). The van der Waals surface area contributed by atoms with Crippen LogP contribution in [0.4, 0.5) is 8.78 Å². The molecule has 1 aromatic carbocycles. The van der Waals surface area contributed by atoms with Gasteiger partial charge in [0.15, 0.2) is 0 Å². The van der Waals surface area contributed by atoms with Crippen molar-refractivity contribution in [2.75, 3.05) is 39.3 Å². The summed E-state index contributed by atoms with van der Waals surface area (Å²) in [5.41, 5.74) is 0.904. The summed E-state index contributed by atoms with van der Waals surface area (Å²) in [6.07, 6.45) is -1.91. The molecule has 1 aliphatic heterocycles. The van der Waals surface area contributed by atoms with Gasteiger partial charge < -0.3 is 5.11 Å². The highest BCUT2D eigenvalue weighted by molar-refractivity contribution is 5.17. The van der Waals surface area contributed by atoms with E-state index in [9.17, 15) is 13.9 Å². The Labute approximate surface area is 118 Å². The minimum absolute atomic E-state index is 0.144. The third-order valence-electron chi connectivity index (χ3n) is 3.69. The van der Waals surface area contributed by atoms with E-state index >= 15 is 0 Å². The fourth-order valence-corrected chi connectivity index (χ4v) is 2.61. The van der Waals surface area contributed by atoms with E-state index in [1.54, 1.807) is 4.90 Å². The summed E-state index contributed by atoms with van der Waals surface area (Å²) in [6, 6.07) is 9.55. The Morgan fingerprint density at radius 2 is 1.55 bits per heavy atom. The topological polar surface area (TPSA) is 26.7 Å². The summed E-state index contributed by atoms with van der Waals surface area (Å²) in [5.74, 6) is 0. The van der Waals surface area contributed by atoms with E-state index in [1.807, 2.05) is 30.3 Å². The van der Waals surface area contributed by atoms with Crippen LogP contribution in [-0.2, 0) is 0 Å². The maximum atomic E-state index is 12.4. The number of nitrogens with zero attached hydrogens (tertiary/aromatic N) is 2. The van der Waals surface area contributed by atoms with Gasteiger partial charge in [0.25, 0.3) is 6.43 Å². The Bertz CT molecular complexity index is 389. The molecule has 1 N–H and O–H groups in total. The first kappa shape index (κ1) is 15.4. The molecule has 1 fully saturated rings. The molecule has 0 amide bonds. The zero-order valence-electron chi connectivity index (χ0n) is 11.6. The van der Waals surface area contributed by atoms with Gasteiger partial charge in [-0.25, -0.2) is 8.78 Å². The monoisotopic (exact) mass is 284 g/mol. The lowest BCUT2D eigenvalue weighted by Crippen LogP contribution is -2.35. The van der Waals surface area contributed by atoms with Crippen LogP contribution in [0.15, 0.2) is 30.3 Å². The average molecular weight is 284 g/mol. The molecule has 1 atom stereocenters. The summed E-state index contributed by atoms with van der Waals surface area (Å²) in [7, 11) is 0. The van der Waals surface area contributed by atoms with Crippen molar-refractivity contribution in [3.05, 3.63) is 35.9 Å². The fourth-order valence-electron chi connectivity index (χ4n) is 2.61. The zero-order valence-corrected chi connectivity index (χ0v) is 11.6. The van der Waals surface area contributed by atoms with Crippen LogP contribution in [0.25, 0.3) is 0 Å². The van der Waals surface area contributed by atoms with E-state index in [0.29, 0.717) is 19.6 Å². The summed E-state index contributed by atoms with van der Waals surface area (Å²) in [6.45, 7) is 3.36. The van der Waals surface area contributed by atoms with E-state index in [1.165, 1.54) is 0 Å². The minimum Gasteiger partial charge on any atom is -0.387 e. The SMILES string of the molecule is OC(CN1CCCN(CC(F)F)CC1)c1ccccc1. The molecular formula is C15H22F2N2O. The van der Waals surface area contributed by atoms with Gasteiger partial charge in [0.05, 0.1) is 12.6 Å². The Balaban J connectivity index is 1.82. The normalized spacial score (nSPS) is 20.0. The number of halogens is 2. The van der Waals surface area contributed by atoms with Gasteiger partial charge in [-0.05, 0) is 25.1 Å². The largest absolute Gasteiger partial charge is 0.387 e. The van der Waals surface area contributed by atoms with E-state index < -0.39 is 12.5 Å². The molecule has 0 aliphatic carbocycles. The lowest BCUT2D eigenvalue weighted by molar-refractivity contribution is 0.0861. The molecule has 1 aromatic rings. The molecule has 20 heavy (non-hydrogen) atoms. The maximum Gasteiger partial charge on any atom is 0.251 e. The molecule has 0 spiro atoms. The van der Waals surface area contributed by atoms with Crippen molar-refractivity contribution in [2.45, 2.75) is 19.0 Å². The van der Waals surface area contributed by atoms with Gasteiger partial charge in [-0.1, -0.05) is 30.3 Å². The highest BCUT2D eigenvalue weighted by Crippen LogP contribution is 2.15. The molecule has 112 valence electrons. The fraction of sp³-hybridized carbons (Fsp3) is 0.600. The van der Waals surface area contributed by atoms with Crippen molar-refractivity contribution in [3.8, 4) is 0 Å². The molecule has 1 unspecified atom stereocenters. The van der Waals surface area contributed by atoms with Gasteiger partial charge in [-0.2, -0.15) is 0 Å². The van der Waals surface area contributed by atoms with Crippen LogP contribution in [0, 0.1) is 0 Å². The Hall–Kier alpha value is -1.04. The van der Waals surface area contributed by atoms with Crippen LogP contribution in [0.1, 0.15) is 18.1 Å². The van der Waals surface area contributed by atoms with E-state index in [2.05, 4.69) is 4.90 Å². The number of aliphatic hydroxyl groups is 1. The second-order valence-corrected chi connectivity index (χ2v) is 5.27. The number of benzene rings is 1. The van der Waals surface area contributed by atoms with Crippen LogP contribution >= 0.6 is 0 Å². The maximum absolute atomic E-state index is 12.4. The average Bonchev–Trinajstić information content (AvgIpc) is 2.65. The Morgan fingerprint density at radius 1 is 0.950 bits per heavy atom. The van der Waals surface area contributed by atoms with Crippen molar-refractivity contribution >= 4 is 0 Å². The number of rotatable bonds is 5. The van der Waals surface area contributed by atoms with Gasteiger partial charge in [0.2, 0.25) is 0 Å². The third kappa shape index (κ3) is 4.81. The molecule has 5 heteroatoms. The van der Waals surface area contributed by atoms with E-state index in [4.69, 9.17) is 0 Å². The molecule has 0 aromatic heterocycles. The van der Waals surface area contributed by atoms with Crippen molar-refractivity contribution in [1.29, 1.82) is 0 Å². The van der Waals surface area contributed by atoms with Crippen molar-refractivity contribution in [1.82, 2.24) is 9.80 Å². The number of hydrogen-bond acceptors (Lipinski definition) is 3. The molecule has 1 saturated heterocycles. The minimum atomic E-state index is -2.27. The molecule has 0 saturated carbocycles. The van der Waals surface area contributed by atoms with E-state index in [-0.39, 0.29) is 6.54 Å². The predicted octanol–water partition coefficient (Wildman–Crippen LogP) is 1.99. The Kier molecular flexibility index (Phi) is 5.88. The van der Waals surface area contributed by atoms with Gasteiger partial charge >= 0.3 is 0 Å². The number of β-amino-alcohol motifs (C(OH)–C–C–N with tert-alkyl or cyclic N) is 1. The summed E-state index contributed by atoms with van der Waals surface area (Å²) in [4.78, 5) is 3.96. The van der Waals surface area contributed by atoms with Crippen molar-refractivity contribution in [2.24, 2.45) is 0 Å².